The molecule has 0 bridgehead atoms. The van der Waals surface area contributed by atoms with Gasteiger partial charge in [-0.2, -0.15) is 0 Å². The molecular formula is C40H69N13O10. The maximum absolute atomic E-state index is 13.9. The van der Waals surface area contributed by atoms with Crippen molar-refractivity contribution in [1.29, 1.82) is 0 Å². The SMILES string of the molecule is CC(C)[C@H](NC(=O)CNC(=O)CNC(=O)[C@H](CCCCN)NC(=O)[C@H](CCCCN)NC(=O)[C@@H](NC(=O)[C@H](Cc1cnc[nH]1)NC(=O)[C@@H]1CCCN1)C(C)C)C(=O)N[C@@H](C)C(=O)O. The summed E-state index contributed by atoms with van der Waals surface area (Å²) in [5.74, 6) is -7.41. The molecule has 2 rings (SSSR count). The van der Waals surface area contributed by atoms with E-state index < -0.39 is 115 Å². The van der Waals surface area contributed by atoms with Crippen molar-refractivity contribution in [3.8, 4) is 0 Å². The fraction of sp³-hybridized carbons (Fsp3) is 0.700. The molecule has 0 unspecified atom stereocenters. The normalized spacial score (nSPS) is 16.4. The van der Waals surface area contributed by atoms with Crippen LogP contribution >= 0.6 is 0 Å². The summed E-state index contributed by atoms with van der Waals surface area (Å²) in [4.78, 5) is 124. The topological polar surface area (TPSA) is 363 Å². The third kappa shape index (κ3) is 19.5. The van der Waals surface area contributed by atoms with Crippen LogP contribution in [0, 0.1) is 11.8 Å². The average molecular weight is 892 g/mol. The van der Waals surface area contributed by atoms with Gasteiger partial charge in [-0.1, -0.05) is 27.7 Å². The van der Waals surface area contributed by atoms with Gasteiger partial charge in [0.25, 0.3) is 0 Å². The summed E-state index contributed by atoms with van der Waals surface area (Å²) in [6.07, 6.45) is 6.65. The number of nitrogens with one attached hydrogen (secondary N) is 10. The van der Waals surface area contributed by atoms with Crippen LogP contribution in [0.1, 0.15) is 91.7 Å². The number of H-pyrrole nitrogens is 1. The highest BCUT2D eigenvalue weighted by Gasteiger charge is 2.34. The first-order valence-electron chi connectivity index (χ1n) is 21.6. The largest absolute Gasteiger partial charge is 0.480 e. The Labute approximate surface area is 367 Å². The van der Waals surface area contributed by atoms with Crippen molar-refractivity contribution in [2.75, 3.05) is 32.7 Å². The van der Waals surface area contributed by atoms with Crippen LogP contribution in [-0.4, -0.2) is 143 Å². The first kappa shape index (κ1) is 53.5. The van der Waals surface area contributed by atoms with Crippen LogP contribution in [0.4, 0.5) is 0 Å². The number of nitrogens with two attached hydrogens (primary N) is 2. The molecule has 2 heterocycles. The molecule has 7 atom stereocenters. The van der Waals surface area contributed by atoms with Gasteiger partial charge < -0.3 is 69.4 Å². The minimum absolute atomic E-state index is 0.0707. The number of aromatic nitrogens is 2. The first-order chi connectivity index (χ1) is 29.9. The maximum atomic E-state index is 13.9. The summed E-state index contributed by atoms with van der Waals surface area (Å²) in [5, 5.41) is 32.7. The summed E-state index contributed by atoms with van der Waals surface area (Å²) >= 11 is 0. The van der Waals surface area contributed by atoms with Crippen LogP contribution in [0.3, 0.4) is 0 Å². The average Bonchev–Trinajstić information content (AvgIpc) is 3.97. The molecule has 63 heavy (non-hydrogen) atoms. The van der Waals surface area contributed by atoms with Crippen molar-refractivity contribution in [2.24, 2.45) is 23.3 Å². The van der Waals surface area contributed by atoms with Crippen LogP contribution < -0.4 is 59.3 Å². The highest BCUT2D eigenvalue weighted by atomic mass is 16.4. The van der Waals surface area contributed by atoms with Crippen molar-refractivity contribution in [3.63, 3.8) is 0 Å². The molecule has 23 nitrogen and oxygen atoms in total. The molecule has 0 aliphatic carbocycles. The Morgan fingerprint density at radius 2 is 1.24 bits per heavy atom. The van der Waals surface area contributed by atoms with E-state index in [1.807, 2.05) is 0 Å². The number of carboxylic acids is 1. The van der Waals surface area contributed by atoms with Gasteiger partial charge in [0.05, 0.1) is 25.5 Å². The molecule has 0 radical (unpaired) electrons. The molecule has 1 saturated heterocycles. The van der Waals surface area contributed by atoms with Gasteiger partial charge in [0, 0.05) is 18.3 Å². The van der Waals surface area contributed by atoms with Crippen molar-refractivity contribution in [3.05, 3.63) is 18.2 Å². The van der Waals surface area contributed by atoms with Gasteiger partial charge in [-0.05, 0) is 89.8 Å². The van der Waals surface area contributed by atoms with Crippen molar-refractivity contribution >= 4 is 53.2 Å². The van der Waals surface area contributed by atoms with Crippen LogP contribution in [-0.2, 0) is 49.6 Å². The number of aromatic amines is 1. The fourth-order valence-electron chi connectivity index (χ4n) is 6.51. The van der Waals surface area contributed by atoms with Crippen molar-refractivity contribution in [1.82, 2.24) is 57.8 Å². The van der Waals surface area contributed by atoms with E-state index >= 15 is 0 Å². The zero-order chi connectivity index (χ0) is 47.1. The minimum Gasteiger partial charge on any atom is -0.480 e. The molecule has 1 aromatic rings. The second-order valence-electron chi connectivity index (χ2n) is 16.3. The Hall–Kier alpha value is -5.68. The number of nitrogens with zero attached hydrogens (tertiary/aromatic N) is 1. The lowest BCUT2D eigenvalue weighted by molar-refractivity contribution is -0.142. The lowest BCUT2D eigenvalue weighted by Gasteiger charge is -2.28. The van der Waals surface area contributed by atoms with E-state index in [2.05, 4.69) is 57.8 Å². The monoisotopic (exact) mass is 892 g/mol. The number of carbonyl (C=O) groups excluding carboxylic acids is 8. The summed E-state index contributed by atoms with van der Waals surface area (Å²) in [6.45, 7) is 8.16. The number of carbonyl (C=O) groups is 9. The number of imidazole rings is 1. The van der Waals surface area contributed by atoms with Crippen molar-refractivity contribution < 1.29 is 48.3 Å². The van der Waals surface area contributed by atoms with Gasteiger partial charge >= 0.3 is 5.97 Å². The molecule has 8 amide bonds. The highest BCUT2D eigenvalue weighted by molar-refractivity contribution is 5.97. The first-order valence-corrected chi connectivity index (χ1v) is 21.6. The molecule has 1 fully saturated rings. The molecule has 1 aromatic heterocycles. The minimum atomic E-state index is -1.26. The van der Waals surface area contributed by atoms with E-state index in [0.29, 0.717) is 57.4 Å². The van der Waals surface area contributed by atoms with Gasteiger partial charge in [0.15, 0.2) is 0 Å². The number of hydrogen-bond acceptors (Lipinski definition) is 13. The van der Waals surface area contributed by atoms with Gasteiger partial charge in [0.2, 0.25) is 47.3 Å². The maximum Gasteiger partial charge on any atom is 0.325 e. The van der Waals surface area contributed by atoms with Crippen LogP contribution in [0.25, 0.3) is 0 Å². The molecule has 15 N–H and O–H groups in total. The molecular weight excluding hydrogens is 823 g/mol. The predicted octanol–water partition coefficient (Wildman–Crippen LogP) is -3.48. The summed E-state index contributed by atoms with van der Waals surface area (Å²) in [5.41, 5.74) is 12.0. The smallest absolute Gasteiger partial charge is 0.325 e. The number of rotatable bonds is 29. The van der Waals surface area contributed by atoms with Crippen LogP contribution in [0.15, 0.2) is 12.5 Å². The van der Waals surface area contributed by atoms with Crippen LogP contribution in [0.5, 0.6) is 0 Å². The second-order valence-corrected chi connectivity index (χ2v) is 16.3. The molecule has 354 valence electrons. The Morgan fingerprint density at radius 1 is 0.683 bits per heavy atom. The zero-order valence-corrected chi connectivity index (χ0v) is 37.0. The van der Waals surface area contributed by atoms with Gasteiger partial charge in [0.1, 0.15) is 36.3 Å². The van der Waals surface area contributed by atoms with E-state index in [-0.39, 0.29) is 25.2 Å². The van der Waals surface area contributed by atoms with Crippen molar-refractivity contribution in [2.45, 2.75) is 135 Å². The van der Waals surface area contributed by atoms with Gasteiger partial charge in [-0.15, -0.1) is 0 Å². The third-order valence-electron chi connectivity index (χ3n) is 10.3. The summed E-state index contributed by atoms with van der Waals surface area (Å²) in [7, 11) is 0. The van der Waals surface area contributed by atoms with E-state index in [0.717, 1.165) is 6.42 Å². The zero-order valence-electron chi connectivity index (χ0n) is 37.0. The third-order valence-corrected chi connectivity index (χ3v) is 10.3. The molecule has 1 aliphatic rings. The Balaban J connectivity index is 2.12. The molecule has 23 heteroatoms. The molecule has 0 saturated carbocycles. The van der Waals surface area contributed by atoms with E-state index in [4.69, 9.17) is 16.6 Å². The van der Waals surface area contributed by atoms with E-state index in [1.54, 1.807) is 27.7 Å². The Morgan fingerprint density at radius 3 is 1.78 bits per heavy atom. The Kier molecular flexibility index (Phi) is 23.8. The predicted molar refractivity (Wildman–Crippen MR) is 230 cm³/mol. The highest BCUT2D eigenvalue weighted by Crippen LogP contribution is 2.11. The number of aliphatic carboxylic acids is 1. The number of carboxylic acid groups (broad SMARTS) is 1. The second kappa shape index (κ2) is 28.1. The number of unbranched alkanes of at least 4 members (excludes halogenated alkanes) is 2. The van der Waals surface area contributed by atoms with Crippen LogP contribution in [0.2, 0.25) is 0 Å². The van der Waals surface area contributed by atoms with Gasteiger partial charge in [-0.3, -0.25) is 43.2 Å². The van der Waals surface area contributed by atoms with E-state index in [1.165, 1.54) is 19.4 Å². The molecule has 1 aliphatic heterocycles. The number of hydrogen-bond donors (Lipinski definition) is 13. The van der Waals surface area contributed by atoms with Gasteiger partial charge in [-0.25, -0.2) is 4.98 Å². The Bertz CT molecular complexity index is 1670. The lowest BCUT2D eigenvalue weighted by Crippen LogP contribution is -2.60. The summed E-state index contributed by atoms with van der Waals surface area (Å²) < 4.78 is 0. The standard InChI is InChI=1S/C40H69N13O10/c1-22(2)32(38(60)48-24(5)40(62)63)52-31(55)20-45-30(54)19-46-34(56)27(11-6-8-14-41)49-36(58)28(12-7-9-15-42)50-39(61)33(23(3)4)53-37(59)29(17-25-18-43-21-47-25)51-35(57)26-13-10-16-44-26/h18,21-24,26-29,32-33,44H,6-17,19-20,41-42H2,1-5H3,(H,43,47)(H,45,54)(H,46,56)(H,48,60)(H,49,58)(H,50,61)(H,51,57)(H,52,55)(H,53,59)(H,62,63)/t24-,26-,27-,28-,29-,32-,33-/m0/s1. The molecule has 0 aromatic carbocycles. The lowest BCUT2D eigenvalue weighted by atomic mass is 10.00. The molecule has 0 spiro atoms. The van der Waals surface area contributed by atoms with E-state index in [9.17, 15) is 43.2 Å². The summed E-state index contributed by atoms with van der Waals surface area (Å²) in [6, 6.07) is -7.25. The quantitative estimate of drug-likeness (QED) is 0.0348. The number of amides is 8. The fourth-order valence-corrected chi connectivity index (χ4v) is 6.51.